The normalized spacial score (nSPS) is 12.3. The van der Waals surface area contributed by atoms with E-state index in [2.05, 4.69) is 32.1 Å². The van der Waals surface area contributed by atoms with Crippen LogP contribution in [0.1, 0.15) is 6.92 Å². The molecule has 1 aromatic carbocycles. The van der Waals surface area contributed by atoms with Crippen LogP contribution in [0.5, 0.6) is 5.75 Å². The van der Waals surface area contributed by atoms with Crippen LogP contribution in [0, 0.1) is 0 Å². The van der Waals surface area contributed by atoms with Gasteiger partial charge in [0.2, 0.25) is 11.0 Å². The summed E-state index contributed by atoms with van der Waals surface area (Å²) >= 11 is 2.49. The van der Waals surface area contributed by atoms with E-state index in [0.29, 0.717) is 21.7 Å². The maximum Gasteiger partial charge on any atom is 0.573 e. The summed E-state index contributed by atoms with van der Waals surface area (Å²) in [5.41, 5.74) is 0.531. The fourth-order valence-electron chi connectivity index (χ4n) is 1.69. The van der Waals surface area contributed by atoms with Gasteiger partial charge in [0.1, 0.15) is 5.75 Å². The quantitative estimate of drug-likeness (QED) is 0.512. The lowest BCUT2D eigenvalue weighted by molar-refractivity contribution is -0.274. The molecule has 0 spiro atoms. The molecule has 1 aromatic heterocycles. The molecule has 2 aromatic rings. The molecule has 0 saturated heterocycles. The van der Waals surface area contributed by atoms with Crippen LogP contribution >= 0.6 is 23.1 Å². The number of carbonyl (C=O) groups excluding carboxylic acids is 1. The molecule has 0 saturated carbocycles. The first-order valence-electron chi connectivity index (χ1n) is 7.28. The number of ether oxygens (including phenoxy) is 1. The van der Waals surface area contributed by atoms with Crippen molar-refractivity contribution in [3.8, 4) is 5.75 Å². The molecule has 1 heterocycles. The van der Waals surface area contributed by atoms with Crippen molar-refractivity contribution in [2.24, 2.45) is 0 Å². The van der Waals surface area contributed by atoms with Crippen LogP contribution in [-0.4, -0.2) is 34.3 Å². The molecule has 0 radical (unpaired) electrons. The van der Waals surface area contributed by atoms with E-state index < -0.39 is 6.36 Å². The molecule has 0 aliphatic carbocycles. The van der Waals surface area contributed by atoms with Crippen LogP contribution < -0.4 is 15.4 Å². The molecule has 2 rings (SSSR count). The van der Waals surface area contributed by atoms with E-state index >= 15 is 0 Å². The summed E-state index contributed by atoms with van der Waals surface area (Å²) in [7, 11) is 0. The molecule has 0 aliphatic heterocycles. The topological polar surface area (TPSA) is 76.1 Å². The predicted molar refractivity (Wildman–Crippen MR) is 94.8 cm³/mol. The van der Waals surface area contributed by atoms with Gasteiger partial charge in [-0.05, 0) is 31.2 Å². The second-order valence-corrected chi connectivity index (χ2v) is 7.43. The number of hydrogen-bond acceptors (Lipinski definition) is 7. The van der Waals surface area contributed by atoms with Crippen molar-refractivity contribution < 1.29 is 22.7 Å². The minimum atomic E-state index is -4.73. The van der Waals surface area contributed by atoms with Crippen molar-refractivity contribution in [2.45, 2.75) is 22.9 Å². The fraction of sp³-hybridized carbons (Fsp3) is 0.267. The van der Waals surface area contributed by atoms with Gasteiger partial charge in [-0.3, -0.25) is 4.79 Å². The molecule has 11 heteroatoms. The molecule has 6 nitrogen and oxygen atoms in total. The van der Waals surface area contributed by atoms with Gasteiger partial charge in [-0.25, -0.2) is 0 Å². The number of anilines is 2. The second kappa shape index (κ2) is 8.90. The number of benzene rings is 1. The van der Waals surface area contributed by atoms with E-state index in [1.165, 1.54) is 47.4 Å². The molecule has 1 amide bonds. The summed E-state index contributed by atoms with van der Waals surface area (Å²) in [5.74, 6) is -0.448. The van der Waals surface area contributed by atoms with Crippen molar-refractivity contribution in [3.05, 3.63) is 36.9 Å². The van der Waals surface area contributed by atoms with Crippen molar-refractivity contribution in [1.82, 2.24) is 15.5 Å². The number of hydrogen-bond donors (Lipinski definition) is 2. The maximum atomic E-state index is 12.1. The highest BCUT2D eigenvalue weighted by molar-refractivity contribution is 8.02. The molecule has 26 heavy (non-hydrogen) atoms. The number of amides is 1. The van der Waals surface area contributed by atoms with Gasteiger partial charge < -0.3 is 15.4 Å². The third-order valence-corrected chi connectivity index (χ3v) is 4.84. The zero-order valence-corrected chi connectivity index (χ0v) is 15.2. The zero-order valence-electron chi connectivity index (χ0n) is 13.5. The minimum Gasteiger partial charge on any atom is -0.406 e. The Balaban J connectivity index is 1.91. The summed E-state index contributed by atoms with van der Waals surface area (Å²) in [4.78, 5) is 11.8. The SMILES string of the molecule is C=CCNC(=O)C(C)Sc1nnc(Nc2ccc(OC(F)(F)F)cc2)s1. The highest BCUT2D eigenvalue weighted by Crippen LogP contribution is 2.31. The van der Waals surface area contributed by atoms with Gasteiger partial charge in [-0.15, -0.1) is 29.9 Å². The van der Waals surface area contributed by atoms with Gasteiger partial charge in [-0.1, -0.05) is 29.2 Å². The molecular weight excluding hydrogens is 389 g/mol. The summed E-state index contributed by atoms with van der Waals surface area (Å²) in [6.07, 6.45) is -3.14. The molecule has 1 unspecified atom stereocenters. The van der Waals surface area contributed by atoms with Crippen LogP contribution in [0.25, 0.3) is 0 Å². The van der Waals surface area contributed by atoms with Crippen LogP contribution in [0.2, 0.25) is 0 Å². The Labute approximate surface area is 155 Å². The molecule has 0 fully saturated rings. The van der Waals surface area contributed by atoms with E-state index in [1.54, 1.807) is 13.0 Å². The number of nitrogens with one attached hydrogen (secondary N) is 2. The fourth-order valence-corrected chi connectivity index (χ4v) is 3.63. The predicted octanol–water partition coefficient (Wildman–Crippen LogP) is 3.96. The number of carbonyl (C=O) groups is 1. The Morgan fingerprint density at radius 1 is 1.38 bits per heavy atom. The van der Waals surface area contributed by atoms with Gasteiger partial charge >= 0.3 is 6.36 Å². The Hall–Kier alpha value is -2.27. The van der Waals surface area contributed by atoms with Crippen molar-refractivity contribution in [2.75, 3.05) is 11.9 Å². The van der Waals surface area contributed by atoms with E-state index in [9.17, 15) is 18.0 Å². The molecular formula is C15H15F3N4O2S2. The average Bonchev–Trinajstić information content (AvgIpc) is 3.00. The molecule has 2 N–H and O–H groups in total. The zero-order chi connectivity index (χ0) is 19.2. The number of halogens is 3. The van der Waals surface area contributed by atoms with Gasteiger partial charge in [0, 0.05) is 12.2 Å². The Kier molecular flexibility index (Phi) is 6.86. The standard InChI is InChI=1S/C15H15F3N4O2S2/c1-3-8-19-12(23)9(2)25-14-22-21-13(26-14)20-10-4-6-11(7-5-10)24-15(16,17)18/h3-7,9H,1,8H2,2H3,(H,19,23)(H,20,21). The van der Waals surface area contributed by atoms with Crippen LogP contribution in [-0.2, 0) is 4.79 Å². The van der Waals surface area contributed by atoms with E-state index in [-0.39, 0.29) is 16.9 Å². The van der Waals surface area contributed by atoms with Crippen molar-refractivity contribution >= 4 is 39.8 Å². The van der Waals surface area contributed by atoms with Gasteiger partial charge in [-0.2, -0.15) is 0 Å². The third-order valence-electron chi connectivity index (χ3n) is 2.81. The second-order valence-electron chi connectivity index (χ2n) is 4.86. The summed E-state index contributed by atoms with van der Waals surface area (Å²) < 4.78 is 40.8. The first kappa shape index (κ1) is 20.0. The molecule has 0 bridgehead atoms. The number of nitrogens with zero attached hydrogens (tertiary/aromatic N) is 2. The average molecular weight is 404 g/mol. The van der Waals surface area contributed by atoms with Gasteiger partial charge in [0.05, 0.1) is 5.25 Å². The monoisotopic (exact) mass is 404 g/mol. The number of thioether (sulfide) groups is 1. The largest absolute Gasteiger partial charge is 0.573 e. The molecule has 140 valence electrons. The Morgan fingerprint density at radius 3 is 2.69 bits per heavy atom. The number of rotatable bonds is 8. The number of alkyl halides is 3. The maximum absolute atomic E-state index is 12.1. The van der Waals surface area contributed by atoms with Crippen LogP contribution in [0.4, 0.5) is 24.0 Å². The first-order chi connectivity index (χ1) is 12.3. The van der Waals surface area contributed by atoms with Crippen LogP contribution in [0.15, 0.2) is 41.3 Å². The van der Waals surface area contributed by atoms with Crippen molar-refractivity contribution in [3.63, 3.8) is 0 Å². The Bertz CT molecular complexity index is 750. The highest BCUT2D eigenvalue weighted by Gasteiger charge is 2.30. The van der Waals surface area contributed by atoms with E-state index in [4.69, 9.17) is 0 Å². The molecule has 0 aliphatic rings. The summed E-state index contributed by atoms with van der Waals surface area (Å²) in [6, 6.07) is 5.25. The minimum absolute atomic E-state index is 0.139. The van der Waals surface area contributed by atoms with E-state index in [1.807, 2.05) is 0 Å². The van der Waals surface area contributed by atoms with E-state index in [0.717, 1.165) is 0 Å². The Morgan fingerprint density at radius 2 is 2.08 bits per heavy atom. The lowest BCUT2D eigenvalue weighted by Gasteiger charge is -2.09. The molecule has 1 atom stereocenters. The van der Waals surface area contributed by atoms with Crippen LogP contribution in [0.3, 0.4) is 0 Å². The number of aromatic nitrogens is 2. The summed E-state index contributed by atoms with van der Waals surface area (Å²) in [5, 5.41) is 13.6. The lowest BCUT2D eigenvalue weighted by Crippen LogP contribution is -2.30. The highest BCUT2D eigenvalue weighted by atomic mass is 32.2. The third kappa shape index (κ3) is 6.56. The summed E-state index contributed by atoms with van der Waals surface area (Å²) in [6.45, 7) is 5.66. The smallest absolute Gasteiger partial charge is 0.406 e. The van der Waals surface area contributed by atoms with Crippen molar-refractivity contribution in [1.29, 1.82) is 0 Å². The lowest BCUT2D eigenvalue weighted by atomic mass is 10.3. The first-order valence-corrected chi connectivity index (χ1v) is 8.98. The van der Waals surface area contributed by atoms with Gasteiger partial charge in [0.15, 0.2) is 4.34 Å². The van der Waals surface area contributed by atoms with Gasteiger partial charge in [0.25, 0.3) is 0 Å².